The molecular weight excluding hydrogens is 350 g/mol. The third-order valence-corrected chi connectivity index (χ3v) is 4.99. The summed E-state index contributed by atoms with van der Waals surface area (Å²) < 4.78 is 5.52. The minimum Gasteiger partial charge on any atom is -0.506 e. The summed E-state index contributed by atoms with van der Waals surface area (Å²) in [5.41, 5.74) is 3.27. The minimum absolute atomic E-state index is 0.214. The second-order valence-electron chi connectivity index (χ2n) is 7.27. The summed E-state index contributed by atoms with van der Waals surface area (Å²) >= 11 is 0. The van der Waals surface area contributed by atoms with E-state index in [-0.39, 0.29) is 5.75 Å². The number of ether oxygens (including phenoxy) is 1. The van der Waals surface area contributed by atoms with Gasteiger partial charge >= 0.3 is 0 Å². The lowest BCUT2D eigenvalue weighted by molar-refractivity contribution is 0.340. The van der Waals surface area contributed by atoms with E-state index in [0.29, 0.717) is 12.3 Å². The number of phenolic OH excluding ortho intramolecular Hbond substituents is 1. The van der Waals surface area contributed by atoms with Crippen molar-refractivity contribution in [2.24, 2.45) is 0 Å². The first-order chi connectivity index (χ1) is 13.7. The van der Waals surface area contributed by atoms with Crippen molar-refractivity contribution in [2.75, 3.05) is 6.61 Å². The van der Waals surface area contributed by atoms with Crippen LogP contribution in [0.2, 0.25) is 0 Å². The number of phenols is 1. The van der Waals surface area contributed by atoms with Gasteiger partial charge in [-0.05, 0) is 49.6 Å². The summed E-state index contributed by atoms with van der Waals surface area (Å²) in [6.45, 7) is 4.81. The van der Waals surface area contributed by atoms with Gasteiger partial charge in [-0.15, -0.1) is 15.0 Å². The summed E-state index contributed by atoms with van der Waals surface area (Å²) in [5.74, 6) is 0.988. The molecule has 0 aliphatic carbocycles. The molecule has 1 N–H and O–H groups in total. The van der Waals surface area contributed by atoms with Gasteiger partial charge in [0.25, 0.3) is 0 Å². The maximum atomic E-state index is 10.5. The molecule has 0 aliphatic heterocycles. The number of hydrogen-bond donors (Lipinski definition) is 1. The van der Waals surface area contributed by atoms with Crippen LogP contribution in [0.15, 0.2) is 36.4 Å². The molecule has 1 aromatic heterocycles. The Labute approximate surface area is 167 Å². The van der Waals surface area contributed by atoms with Crippen LogP contribution in [-0.4, -0.2) is 26.7 Å². The molecule has 150 valence electrons. The molecule has 0 saturated heterocycles. The highest BCUT2D eigenvalue weighted by molar-refractivity contribution is 5.75. The molecule has 3 aromatic rings. The van der Waals surface area contributed by atoms with Gasteiger partial charge in [-0.1, -0.05) is 51.5 Å². The van der Waals surface area contributed by atoms with E-state index in [2.05, 4.69) is 23.2 Å². The Bertz CT molecular complexity index is 889. The Morgan fingerprint density at radius 2 is 1.61 bits per heavy atom. The topological polar surface area (TPSA) is 60.2 Å². The monoisotopic (exact) mass is 381 g/mol. The summed E-state index contributed by atoms with van der Waals surface area (Å²) in [6.07, 6.45) is 10.0. The number of hydrogen-bond acceptors (Lipinski definition) is 4. The fourth-order valence-electron chi connectivity index (χ4n) is 3.44. The fourth-order valence-corrected chi connectivity index (χ4v) is 3.44. The van der Waals surface area contributed by atoms with Crippen LogP contribution < -0.4 is 4.74 Å². The SMILES string of the molecule is CCCCCCCCCc1ccc(-n2nc3ccc(OCC)cc3n2)c(O)c1. The third kappa shape index (κ3) is 5.24. The van der Waals surface area contributed by atoms with Crippen molar-refractivity contribution in [3.63, 3.8) is 0 Å². The van der Waals surface area contributed by atoms with Gasteiger partial charge in [0.15, 0.2) is 0 Å². The zero-order valence-corrected chi connectivity index (χ0v) is 17.0. The molecule has 0 amide bonds. The summed E-state index contributed by atoms with van der Waals surface area (Å²) in [6, 6.07) is 11.4. The van der Waals surface area contributed by atoms with Gasteiger partial charge in [0, 0.05) is 6.07 Å². The molecule has 0 bridgehead atoms. The van der Waals surface area contributed by atoms with Crippen molar-refractivity contribution in [2.45, 2.75) is 65.2 Å². The van der Waals surface area contributed by atoms with E-state index >= 15 is 0 Å². The number of nitrogens with zero attached hydrogens (tertiary/aromatic N) is 3. The van der Waals surface area contributed by atoms with Crippen molar-refractivity contribution in [1.82, 2.24) is 15.0 Å². The lowest BCUT2D eigenvalue weighted by atomic mass is 10.0. The van der Waals surface area contributed by atoms with Crippen molar-refractivity contribution < 1.29 is 9.84 Å². The molecule has 0 saturated carbocycles. The van der Waals surface area contributed by atoms with Crippen LogP contribution in [0.3, 0.4) is 0 Å². The Kier molecular flexibility index (Phi) is 7.29. The van der Waals surface area contributed by atoms with Crippen molar-refractivity contribution in [1.29, 1.82) is 0 Å². The van der Waals surface area contributed by atoms with Gasteiger partial charge in [0.05, 0.1) is 6.61 Å². The molecule has 0 atom stereocenters. The zero-order valence-electron chi connectivity index (χ0n) is 17.0. The number of benzene rings is 2. The number of unbranched alkanes of at least 4 members (excludes halogenated alkanes) is 6. The van der Waals surface area contributed by atoms with E-state index < -0.39 is 0 Å². The molecule has 2 aromatic carbocycles. The van der Waals surface area contributed by atoms with Crippen LogP contribution in [0, 0.1) is 0 Å². The van der Waals surface area contributed by atoms with Gasteiger partial charge in [0.1, 0.15) is 28.2 Å². The van der Waals surface area contributed by atoms with Crippen LogP contribution >= 0.6 is 0 Å². The van der Waals surface area contributed by atoms with Crippen LogP contribution in [0.1, 0.15) is 64.4 Å². The minimum atomic E-state index is 0.214. The average molecular weight is 382 g/mol. The maximum absolute atomic E-state index is 10.5. The van der Waals surface area contributed by atoms with Crippen LogP contribution in [0.25, 0.3) is 16.7 Å². The number of rotatable bonds is 11. The van der Waals surface area contributed by atoms with E-state index in [1.165, 1.54) is 43.3 Å². The van der Waals surface area contributed by atoms with Crippen LogP contribution in [0.5, 0.6) is 11.5 Å². The fraction of sp³-hybridized carbons (Fsp3) is 0.478. The first-order valence-corrected chi connectivity index (χ1v) is 10.5. The molecular formula is C23H31N3O2. The number of fused-ring (bicyclic) bond motifs is 1. The van der Waals surface area contributed by atoms with Crippen molar-refractivity contribution in [3.8, 4) is 17.2 Å². The highest BCUT2D eigenvalue weighted by Gasteiger charge is 2.10. The highest BCUT2D eigenvalue weighted by Crippen LogP contribution is 2.25. The molecule has 0 fully saturated rings. The second kappa shape index (κ2) is 10.1. The van der Waals surface area contributed by atoms with Gasteiger partial charge in [-0.3, -0.25) is 0 Å². The van der Waals surface area contributed by atoms with E-state index in [9.17, 15) is 5.11 Å². The summed E-state index contributed by atoms with van der Waals surface area (Å²) in [7, 11) is 0. The predicted molar refractivity (Wildman–Crippen MR) is 113 cm³/mol. The average Bonchev–Trinajstić information content (AvgIpc) is 3.10. The largest absolute Gasteiger partial charge is 0.506 e. The van der Waals surface area contributed by atoms with Gasteiger partial charge in [-0.25, -0.2) is 0 Å². The first kappa shape index (κ1) is 20.2. The Balaban J connectivity index is 1.61. The Morgan fingerprint density at radius 3 is 2.36 bits per heavy atom. The standard InChI is InChI=1S/C23H31N3O2/c1-3-5-6-7-8-9-10-11-18-12-15-22(23(27)16-18)26-24-20-14-13-19(28-4-2)17-21(20)25-26/h12-17,27H,3-11H2,1-2H3. The molecule has 5 nitrogen and oxygen atoms in total. The first-order valence-electron chi connectivity index (χ1n) is 10.5. The van der Waals surface area contributed by atoms with Gasteiger partial charge in [-0.2, -0.15) is 0 Å². The molecule has 0 unspecified atom stereocenters. The molecule has 28 heavy (non-hydrogen) atoms. The lowest BCUT2D eigenvalue weighted by Gasteiger charge is -2.07. The lowest BCUT2D eigenvalue weighted by Crippen LogP contribution is -1.99. The number of aromatic nitrogens is 3. The summed E-state index contributed by atoms with van der Waals surface area (Å²) in [4.78, 5) is 1.49. The van der Waals surface area contributed by atoms with Gasteiger partial charge < -0.3 is 9.84 Å². The van der Waals surface area contributed by atoms with E-state index in [1.807, 2.05) is 37.3 Å². The second-order valence-corrected chi connectivity index (χ2v) is 7.27. The molecule has 0 aliphatic rings. The quantitative estimate of drug-likeness (QED) is 0.425. The Morgan fingerprint density at radius 1 is 0.857 bits per heavy atom. The zero-order chi connectivity index (χ0) is 19.8. The summed E-state index contributed by atoms with van der Waals surface area (Å²) in [5, 5.41) is 19.5. The van der Waals surface area contributed by atoms with Crippen molar-refractivity contribution >= 4 is 11.0 Å². The van der Waals surface area contributed by atoms with Gasteiger partial charge in [0.2, 0.25) is 0 Å². The Hall–Kier alpha value is -2.56. The highest BCUT2D eigenvalue weighted by atomic mass is 16.5. The van der Waals surface area contributed by atoms with E-state index in [1.54, 1.807) is 0 Å². The van der Waals surface area contributed by atoms with Crippen molar-refractivity contribution in [3.05, 3.63) is 42.0 Å². The molecule has 0 spiro atoms. The van der Waals surface area contributed by atoms with Crippen LogP contribution in [0.4, 0.5) is 0 Å². The van der Waals surface area contributed by atoms with Crippen LogP contribution in [-0.2, 0) is 6.42 Å². The predicted octanol–water partition coefficient (Wildman–Crippen LogP) is 5.82. The van der Waals surface area contributed by atoms with E-state index in [0.717, 1.165) is 35.2 Å². The van der Waals surface area contributed by atoms with E-state index in [4.69, 9.17) is 4.74 Å². The number of aromatic hydroxyl groups is 1. The number of aryl methyl sites for hydroxylation is 1. The maximum Gasteiger partial charge on any atom is 0.143 e. The molecule has 3 rings (SSSR count). The molecule has 1 heterocycles. The normalized spacial score (nSPS) is 11.2. The molecule has 0 radical (unpaired) electrons. The third-order valence-electron chi connectivity index (χ3n) is 4.99. The smallest absolute Gasteiger partial charge is 0.143 e. The molecule has 5 heteroatoms.